The zero-order valence-corrected chi connectivity index (χ0v) is 14.5. The quantitative estimate of drug-likeness (QED) is 0.779. The first kappa shape index (κ1) is 17.5. The van der Waals surface area contributed by atoms with Crippen molar-refractivity contribution in [1.82, 2.24) is 4.90 Å². The van der Waals surface area contributed by atoms with Gasteiger partial charge in [0.15, 0.2) is 0 Å². The van der Waals surface area contributed by atoms with Crippen LogP contribution in [0.3, 0.4) is 0 Å². The second-order valence-corrected chi connectivity index (χ2v) is 6.02. The molecule has 2 rings (SSSR count). The summed E-state index contributed by atoms with van der Waals surface area (Å²) < 4.78 is 5.96. The van der Waals surface area contributed by atoms with Crippen molar-refractivity contribution < 1.29 is 4.74 Å². The fourth-order valence-corrected chi connectivity index (χ4v) is 2.69. The third-order valence-corrected chi connectivity index (χ3v) is 4.21. The van der Waals surface area contributed by atoms with E-state index >= 15 is 0 Å². The van der Waals surface area contributed by atoms with Crippen LogP contribution in [0.25, 0.3) is 0 Å². The average Bonchev–Trinajstić information content (AvgIpc) is 2.57. The lowest BCUT2D eigenvalue weighted by molar-refractivity contribution is 0.246. The maximum Gasteiger partial charge on any atom is 0.130 e. The smallest absolute Gasteiger partial charge is 0.130 e. The molecule has 0 aliphatic heterocycles. The van der Waals surface area contributed by atoms with Crippen molar-refractivity contribution in [3.8, 4) is 11.5 Å². The van der Waals surface area contributed by atoms with E-state index in [1.54, 1.807) is 0 Å². The normalized spacial score (nSPS) is 12.4. The van der Waals surface area contributed by atoms with E-state index in [1.165, 1.54) is 18.4 Å². The van der Waals surface area contributed by atoms with Crippen LogP contribution in [-0.2, 0) is 0 Å². The van der Waals surface area contributed by atoms with Crippen molar-refractivity contribution in [2.45, 2.75) is 32.7 Å². The molecular weight excluding hydrogens is 284 g/mol. The standard InChI is InChI=1S/C20H28N2O/c1-4-5-14-22(3)19(15-21)17-10-12-18(13-11-17)23-20-9-7-6-8-16(20)2/h6-13,19H,4-5,14-15,21H2,1-3H3. The molecule has 0 saturated heterocycles. The highest BCUT2D eigenvalue weighted by molar-refractivity contribution is 5.38. The van der Waals surface area contributed by atoms with E-state index in [0.717, 1.165) is 23.6 Å². The van der Waals surface area contributed by atoms with Crippen molar-refractivity contribution in [3.63, 3.8) is 0 Å². The Hall–Kier alpha value is -1.84. The molecule has 2 aromatic carbocycles. The van der Waals surface area contributed by atoms with Crippen LogP contribution in [0, 0.1) is 6.92 Å². The van der Waals surface area contributed by atoms with E-state index in [4.69, 9.17) is 10.5 Å². The molecule has 0 spiro atoms. The minimum absolute atomic E-state index is 0.258. The Labute approximate surface area is 140 Å². The molecule has 2 aromatic rings. The first-order chi connectivity index (χ1) is 11.2. The summed E-state index contributed by atoms with van der Waals surface area (Å²) in [4.78, 5) is 2.33. The molecule has 0 heterocycles. The predicted octanol–water partition coefficient (Wildman–Crippen LogP) is 4.52. The topological polar surface area (TPSA) is 38.5 Å². The van der Waals surface area contributed by atoms with E-state index in [0.29, 0.717) is 6.54 Å². The summed E-state index contributed by atoms with van der Waals surface area (Å²) in [6.45, 7) is 5.96. The summed E-state index contributed by atoms with van der Waals surface area (Å²) in [6, 6.07) is 16.6. The number of hydrogen-bond donors (Lipinski definition) is 1. The van der Waals surface area contributed by atoms with Gasteiger partial charge in [-0.3, -0.25) is 4.90 Å². The van der Waals surface area contributed by atoms with Gasteiger partial charge < -0.3 is 10.5 Å². The van der Waals surface area contributed by atoms with E-state index in [2.05, 4.69) is 44.0 Å². The lowest BCUT2D eigenvalue weighted by Crippen LogP contribution is -2.31. The Morgan fingerprint density at radius 2 is 1.78 bits per heavy atom. The average molecular weight is 312 g/mol. The van der Waals surface area contributed by atoms with Crippen molar-refractivity contribution >= 4 is 0 Å². The number of rotatable bonds is 8. The van der Waals surface area contributed by atoms with Gasteiger partial charge in [-0.15, -0.1) is 0 Å². The van der Waals surface area contributed by atoms with Gasteiger partial charge >= 0.3 is 0 Å². The minimum Gasteiger partial charge on any atom is -0.457 e. The maximum absolute atomic E-state index is 5.99. The monoisotopic (exact) mass is 312 g/mol. The molecule has 1 atom stereocenters. The number of nitrogens with two attached hydrogens (primary N) is 1. The van der Waals surface area contributed by atoms with Gasteiger partial charge in [0.25, 0.3) is 0 Å². The molecule has 0 bridgehead atoms. The Bertz CT molecular complexity index is 595. The second-order valence-electron chi connectivity index (χ2n) is 6.02. The van der Waals surface area contributed by atoms with Crippen molar-refractivity contribution in [2.24, 2.45) is 5.73 Å². The van der Waals surface area contributed by atoms with Gasteiger partial charge in [-0.1, -0.05) is 43.7 Å². The Balaban J connectivity index is 2.07. The van der Waals surface area contributed by atoms with Crippen LogP contribution in [0.5, 0.6) is 11.5 Å². The number of para-hydroxylation sites is 1. The first-order valence-corrected chi connectivity index (χ1v) is 8.39. The van der Waals surface area contributed by atoms with Crippen LogP contribution in [0.15, 0.2) is 48.5 Å². The second kappa shape index (κ2) is 8.70. The molecule has 0 aliphatic rings. The molecule has 0 saturated carbocycles. The summed E-state index contributed by atoms with van der Waals surface area (Å²) >= 11 is 0. The maximum atomic E-state index is 5.99. The number of likely N-dealkylation sites (N-methyl/N-ethyl adjacent to an activating group) is 1. The number of unbranched alkanes of at least 4 members (excludes halogenated alkanes) is 1. The van der Waals surface area contributed by atoms with Gasteiger partial charge in [0.2, 0.25) is 0 Å². The lowest BCUT2D eigenvalue weighted by atomic mass is 10.1. The summed E-state index contributed by atoms with van der Waals surface area (Å²) in [5.74, 6) is 1.76. The molecule has 0 fully saturated rings. The molecule has 3 heteroatoms. The number of hydrogen-bond acceptors (Lipinski definition) is 3. The molecule has 1 unspecified atom stereocenters. The molecular formula is C20H28N2O. The van der Waals surface area contributed by atoms with Crippen LogP contribution >= 0.6 is 0 Å². The number of ether oxygens (including phenoxy) is 1. The van der Waals surface area contributed by atoms with Crippen LogP contribution in [0.1, 0.15) is 36.9 Å². The van der Waals surface area contributed by atoms with E-state index in [-0.39, 0.29) is 6.04 Å². The van der Waals surface area contributed by atoms with Crippen LogP contribution in [0.2, 0.25) is 0 Å². The first-order valence-electron chi connectivity index (χ1n) is 8.39. The largest absolute Gasteiger partial charge is 0.457 e. The Morgan fingerprint density at radius 3 is 2.39 bits per heavy atom. The van der Waals surface area contributed by atoms with E-state index in [1.807, 2.05) is 30.3 Å². The Morgan fingerprint density at radius 1 is 1.09 bits per heavy atom. The Kier molecular flexibility index (Phi) is 6.63. The summed E-state index contributed by atoms with van der Waals surface area (Å²) in [6.07, 6.45) is 2.40. The SMILES string of the molecule is CCCCN(C)C(CN)c1ccc(Oc2ccccc2C)cc1. The lowest BCUT2D eigenvalue weighted by Gasteiger charge is -2.27. The number of aryl methyl sites for hydroxylation is 1. The molecule has 0 radical (unpaired) electrons. The zero-order valence-electron chi connectivity index (χ0n) is 14.5. The molecule has 2 N–H and O–H groups in total. The molecule has 23 heavy (non-hydrogen) atoms. The molecule has 0 amide bonds. The summed E-state index contributed by atoms with van der Waals surface area (Å²) in [5, 5.41) is 0. The van der Waals surface area contributed by atoms with Crippen molar-refractivity contribution in [3.05, 3.63) is 59.7 Å². The summed E-state index contributed by atoms with van der Waals surface area (Å²) in [7, 11) is 2.14. The van der Waals surface area contributed by atoms with Gasteiger partial charge in [0, 0.05) is 12.6 Å². The highest BCUT2D eigenvalue weighted by atomic mass is 16.5. The van der Waals surface area contributed by atoms with Crippen molar-refractivity contribution in [2.75, 3.05) is 20.1 Å². The third-order valence-electron chi connectivity index (χ3n) is 4.21. The van der Waals surface area contributed by atoms with Gasteiger partial charge in [-0.25, -0.2) is 0 Å². The minimum atomic E-state index is 0.258. The zero-order chi connectivity index (χ0) is 16.7. The van der Waals surface area contributed by atoms with Gasteiger partial charge in [-0.2, -0.15) is 0 Å². The number of nitrogens with zero attached hydrogens (tertiary/aromatic N) is 1. The fourth-order valence-electron chi connectivity index (χ4n) is 2.69. The van der Waals surface area contributed by atoms with Gasteiger partial charge in [-0.05, 0) is 56.3 Å². The third kappa shape index (κ3) is 4.81. The predicted molar refractivity (Wildman–Crippen MR) is 97.0 cm³/mol. The highest BCUT2D eigenvalue weighted by Crippen LogP contribution is 2.27. The van der Waals surface area contributed by atoms with Crippen LogP contribution in [-0.4, -0.2) is 25.0 Å². The van der Waals surface area contributed by atoms with Crippen LogP contribution in [0.4, 0.5) is 0 Å². The van der Waals surface area contributed by atoms with Gasteiger partial charge in [0.05, 0.1) is 0 Å². The van der Waals surface area contributed by atoms with E-state index in [9.17, 15) is 0 Å². The molecule has 0 aliphatic carbocycles. The summed E-state index contributed by atoms with van der Waals surface area (Å²) in [5.41, 5.74) is 8.36. The van der Waals surface area contributed by atoms with Gasteiger partial charge in [0.1, 0.15) is 11.5 Å². The van der Waals surface area contributed by atoms with E-state index < -0.39 is 0 Å². The fraction of sp³-hybridized carbons (Fsp3) is 0.400. The molecule has 0 aromatic heterocycles. The van der Waals surface area contributed by atoms with Crippen LogP contribution < -0.4 is 10.5 Å². The molecule has 124 valence electrons. The highest BCUT2D eigenvalue weighted by Gasteiger charge is 2.15. The number of benzene rings is 2. The van der Waals surface area contributed by atoms with Crippen molar-refractivity contribution in [1.29, 1.82) is 0 Å². The molecule has 3 nitrogen and oxygen atoms in total.